The van der Waals surface area contributed by atoms with Crippen LogP contribution >= 0.6 is 57.2 Å². The molecule has 94 heavy (non-hydrogen) atoms. The molecule has 3 amide bonds. The second-order valence-electron chi connectivity index (χ2n) is 21.5. The van der Waals surface area contributed by atoms with E-state index in [1.54, 1.807) is 18.2 Å². The monoisotopic (exact) mass is 1370 g/mol. The number of pyridine rings is 3. The standard InChI is InChI=1S/C22H20ClN5O3S.C22H20FN5O3S.C20H16ClN5O3S/c2*1-3-30-10-12-9-25-22(23)28-21(12)31-16-7-4-13-14(27-16)5-6-15-17(13)18-19(32-15)20(29)26-11(2)8-24-18;1-9-6-22-16-15-11-2-5-14(29-19-10(8-27)7-23-20(21)26-19)25-12(11)3-4-13(15)30-17(16)18(28)24-9/h2*4-7,9,11,24H,3,8,10H2,1-2H3,(H,26,29);2-5,7,9,22,27H,6,8H2,1H3,(H,24,28)/t2*11-;9-/m111/s1/i1D3,3D2;;. The highest BCUT2D eigenvalue weighted by Gasteiger charge is 2.29. The van der Waals surface area contributed by atoms with E-state index in [2.05, 4.69) is 76.8 Å². The number of hydrogen-bond donors (Lipinski definition) is 7. The van der Waals surface area contributed by atoms with E-state index in [1.807, 2.05) is 82.3 Å². The maximum atomic E-state index is 13.6. The maximum Gasteiger partial charge on any atom is 0.311 e. The highest BCUT2D eigenvalue weighted by atomic mass is 35.5. The van der Waals surface area contributed by atoms with Crippen molar-refractivity contribution >= 4 is 155 Å². The van der Waals surface area contributed by atoms with Gasteiger partial charge >= 0.3 is 6.08 Å². The number of ether oxygens (including phenoxy) is 5. The zero-order valence-corrected chi connectivity index (χ0v) is 53.9. The average molecular weight is 1370 g/mol. The minimum absolute atomic E-state index is 0.0110. The third-order valence-electron chi connectivity index (χ3n) is 14.9. The average Bonchev–Trinajstić information content (AvgIpc) is 1.64. The van der Waals surface area contributed by atoms with Crippen LogP contribution in [0.25, 0.3) is 63.0 Å². The number of nitrogens with zero attached hydrogens (tertiary/aromatic N) is 9. The predicted octanol–water partition coefficient (Wildman–Crippen LogP) is 12.7. The number of carbonyl (C=O) groups is 3. The number of anilines is 3. The Morgan fingerprint density at radius 1 is 0.543 bits per heavy atom. The molecule has 24 nitrogen and oxygen atoms in total. The number of halogens is 3. The Balaban J connectivity index is 0.000000134. The lowest BCUT2D eigenvalue weighted by Crippen LogP contribution is -2.34. The lowest BCUT2D eigenvalue weighted by Gasteiger charge is -2.11. The van der Waals surface area contributed by atoms with Gasteiger partial charge in [-0.15, -0.1) is 34.0 Å². The Morgan fingerprint density at radius 2 is 0.926 bits per heavy atom. The van der Waals surface area contributed by atoms with Crippen molar-refractivity contribution < 1.29 is 54.4 Å². The van der Waals surface area contributed by atoms with E-state index in [0.29, 0.717) is 74.4 Å². The summed E-state index contributed by atoms with van der Waals surface area (Å²) in [5.74, 6) is 0.661. The Kier molecular flexibility index (Phi) is 16.6. The zero-order valence-electron chi connectivity index (χ0n) is 54.9. The Morgan fingerprint density at radius 3 is 1.33 bits per heavy atom. The fourth-order valence-electron chi connectivity index (χ4n) is 10.6. The number of aliphatic hydroxyl groups is 1. The molecule has 15 rings (SSSR count). The first-order valence-electron chi connectivity index (χ1n) is 31.6. The number of fused-ring (bicyclic) bond motifs is 15. The molecule has 0 saturated heterocycles. The Bertz CT molecular complexity index is 5190. The van der Waals surface area contributed by atoms with Gasteiger partial charge in [-0.25, -0.2) is 29.9 Å². The molecule has 3 aliphatic rings. The summed E-state index contributed by atoms with van der Waals surface area (Å²) < 4.78 is 81.5. The highest BCUT2D eigenvalue weighted by molar-refractivity contribution is 7.22. The molecule has 30 heteroatoms. The van der Waals surface area contributed by atoms with E-state index < -0.39 is 26.1 Å². The van der Waals surface area contributed by atoms with Crippen LogP contribution in [0.5, 0.6) is 35.3 Å². The second kappa shape index (κ2) is 27.3. The number of benzene rings is 3. The van der Waals surface area contributed by atoms with Gasteiger partial charge in [0.05, 0.1) is 72.9 Å². The van der Waals surface area contributed by atoms with Crippen molar-refractivity contribution in [3.63, 3.8) is 0 Å². The van der Waals surface area contributed by atoms with Gasteiger partial charge in [-0.3, -0.25) is 14.4 Å². The van der Waals surface area contributed by atoms with Crippen LogP contribution in [0, 0.1) is 6.08 Å². The molecule has 0 unspecified atom stereocenters. The van der Waals surface area contributed by atoms with Gasteiger partial charge in [-0.2, -0.15) is 19.3 Å². The van der Waals surface area contributed by atoms with E-state index >= 15 is 0 Å². The van der Waals surface area contributed by atoms with Gasteiger partial charge in [0.25, 0.3) is 17.7 Å². The van der Waals surface area contributed by atoms with Crippen LogP contribution in [0.2, 0.25) is 10.6 Å². The minimum atomic E-state index is -2.99. The van der Waals surface area contributed by atoms with Gasteiger partial charge in [0.1, 0.15) is 14.6 Å². The zero-order chi connectivity index (χ0) is 69.6. The van der Waals surface area contributed by atoms with Gasteiger partial charge in [-0.1, -0.05) is 0 Å². The van der Waals surface area contributed by atoms with Gasteiger partial charge in [0, 0.05) is 138 Å². The van der Waals surface area contributed by atoms with E-state index in [-0.39, 0.29) is 94.6 Å². The number of carbonyl (C=O) groups excluding carboxylic acids is 3. The van der Waals surface area contributed by atoms with E-state index in [9.17, 15) is 23.9 Å². The first-order chi connectivity index (χ1) is 47.5. The third kappa shape index (κ3) is 13.1. The smallest absolute Gasteiger partial charge is 0.311 e. The summed E-state index contributed by atoms with van der Waals surface area (Å²) in [6.07, 6.45) is 3.13. The van der Waals surface area contributed by atoms with Crippen LogP contribution in [-0.2, 0) is 29.3 Å². The maximum absolute atomic E-state index is 13.6. The largest absolute Gasteiger partial charge is 0.420 e. The molecular weight excluding hydrogens is 1310 g/mol. The SMILES string of the molecule is CCOCc1cnc(F)nc1Oc1ccc2c(ccc3sc4c(c32)NC[C@@H](C)NC4=O)n1.C[C@@H]1CNc2c(sc3ccc4nc(Oc5nc(Cl)ncc5CO)ccc4c23)C(=O)N1.[2H]C([2H])([2H])C([2H])([2H])OCc1cnc(Cl)nc1Oc1ccc2c(ccc3sc4c(c32)NC[C@@H](C)NC4=O)n1. The van der Waals surface area contributed by atoms with E-state index in [1.165, 1.54) is 52.6 Å². The number of rotatable bonds is 13. The van der Waals surface area contributed by atoms with Crippen molar-refractivity contribution in [2.24, 2.45) is 0 Å². The second-order valence-corrected chi connectivity index (χ2v) is 25.4. The van der Waals surface area contributed by atoms with Crippen molar-refractivity contribution in [2.45, 2.75) is 72.5 Å². The molecule has 0 bridgehead atoms. The fourth-order valence-corrected chi connectivity index (χ4v) is 14.1. The van der Waals surface area contributed by atoms with Crippen LogP contribution in [0.3, 0.4) is 0 Å². The molecule has 9 aromatic heterocycles. The molecular formula is C64H56Cl2FN15O9S3. The molecule has 3 aromatic carbocycles. The first kappa shape index (κ1) is 57.3. The van der Waals surface area contributed by atoms with Crippen molar-refractivity contribution in [3.05, 3.63) is 139 Å². The lowest BCUT2D eigenvalue weighted by atomic mass is 10.1. The molecule has 3 atom stereocenters. The normalized spacial score (nSPS) is 17.0. The summed E-state index contributed by atoms with van der Waals surface area (Å²) in [7, 11) is 0. The number of aromatic nitrogens is 9. The Hall–Kier alpha value is -9.39. The highest BCUT2D eigenvalue weighted by Crippen LogP contribution is 2.45. The van der Waals surface area contributed by atoms with Crippen LogP contribution in [-0.4, -0.2) is 119 Å². The number of amides is 3. The summed E-state index contributed by atoms with van der Waals surface area (Å²) in [5, 5.41) is 33.9. The van der Waals surface area contributed by atoms with Gasteiger partial charge in [-0.05, 0) is 112 Å². The summed E-state index contributed by atoms with van der Waals surface area (Å²) in [6.45, 7) is 3.66. The van der Waals surface area contributed by atoms with Gasteiger partial charge < -0.3 is 60.7 Å². The minimum Gasteiger partial charge on any atom is -0.420 e. The predicted molar refractivity (Wildman–Crippen MR) is 361 cm³/mol. The topological polar surface area (TPSA) is 306 Å². The van der Waals surface area contributed by atoms with E-state index in [0.717, 1.165) is 63.5 Å². The summed E-state index contributed by atoms with van der Waals surface area (Å²) >= 11 is 16.1. The van der Waals surface area contributed by atoms with Gasteiger partial charge in [0.15, 0.2) is 0 Å². The van der Waals surface area contributed by atoms with Crippen molar-refractivity contribution in [1.82, 2.24) is 60.8 Å². The number of hydrogen-bond acceptors (Lipinski definition) is 24. The molecule has 0 aliphatic carbocycles. The molecule has 12 heterocycles. The van der Waals surface area contributed by atoms with E-state index in [4.69, 9.17) is 53.7 Å². The van der Waals surface area contributed by atoms with Crippen LogP contribution in [0.4, 0.5) is 21.5 Å². The molecule has 12 aromatic rings. The molecule has 0 fully saturated rings. The van der Waals surface area contributed by atoms with Crippen LogP contribution < -0.4 is 46.1 Å². The number of thiophene rings is 3. The van der Waals surface area contributed by atoms with Crippen molar-refractivity contribution in [1.29, 1.82) is 0 Å². The molecule has 3 aliphatic heterocycles. The van der Waals surface area contributed by atoms with Gasteiger partial charge in [0.2, 0.25) is 45.8 Å². The summed E-state index contributed by atoms with van der Waals surface area (Å²) in [5.41, 5.74) is 5.56. The van der Waals surface area contributed by atoms with Crippen molar-refractivity contribution in [3.8, 4) is 35.3 Å². The summed E-state index contributed by atoms with van der Waals surface area (Å²) in [6, 6.07) is 22.1. The summed E-state index contributed by atoms with van der Waals surface area (Å²) in [4.78, 5) is 76.6. The van der Waals surface area contributed by atoms with Crippen LogP contribution in [0.15, 0.2) is 91.4 Å². The molecule has 480 valence electrons. The van der Waals surface area contributed by atoms with Crippen molar-refractivity contribution in [2.75, 3.05) is 48.8 Å². The molecule has 0 spiro atoms. The Labute approximate surface area is 563 Å². The quantitative estimate of drug-likeness (QED) is 0.0528. The molecule has 0 radical (unpaired) electrons. The lowest BCUT2D eigenvalue weighted by molar-refractivity contribution is 0.0940. The number of aliphatic hydroxyl groups excluding tert-OH is 1. The number of nitrogens with one attached hydrogen (secondary N) is 6. The molecule has 0 saturated carbocycles. The van der Waals surface area contributed by atoms with Crippen LogP contribution in [0.1, 0.15) is 87.1 Å². The molecule has 7 N–H and O–H groups in total. The first-order valence-corrected chi connectivity index (χ1v) is 32.3. The third-order valence-corrected chi connectivity index (χ3v) is 18.7. The fraction of sp³-hybridized carbons (Fsp3) is 0.250.